The molecule has 1 spiro atoms. The van der Waals surface area contributed by atoms with E-state index in [0.29, 0.717) is 30.4 Å². The van der Waals surface area contributed by atoms with Crippen LogP contribution in [0, 0.1) is 22.7 Å². The number of carbonyl (C=O) groups excluding carboxylic acids is 2. The second kappa shape index (κ2) is 5.09. The molecule has 108 valence electrons. The van der Waals surface area contributed by atoms with Crippen LogP contribution in [0.1, 0.15) is 36.8 Å². The Labute approximate surface area is 127 Å². The molecule has 0 bridgehead atoms. The first-order valence-electron chi connectivity index (χ1n) is 6.95. The summed E-state index contributed by atoms with van der Waals surface area (Å²) < 4.78 is 0. The summed E-state index contributed by atoms with van der Waals surface area (Å²) in [7, 11) is 0. The van der Waals surface area contributed by atoms with Gasteiger partial charge >= 0.3 is 0 Å². The minimum absolute atomic E-state index is 0.0522. The fourth-order valence-electron chi connectivity index (χ4n) is 3.32. The van der Waals surface area contributed by atoms with Crippen molar-refractivity contribution >= 4 is 17.4 Å². The largest absolute Gasteiger partial charge is 0.296 e. The topological polar surface area (TPSA) is 107 Å². The van der Waals surface area contributed by atoms with Crippen LogP contribution in [0.15, 0.2) is 24.0 Å². The Morgan fingerprint density at radius 3 is 2.64 bits per heavy atom. The molecule has 1 saturated heterocycles. The van der Waals surface area contributed by atoms with Gasteiger partial charge in [0, 0.05) is 24.4 Å². The van der Waals surface area contributed by atoms with Crippen LogP contribution in [-0.2, 0) is 15.0 Å². The van der Waals surface area contributed by atoms with Crippen LogP contribution in [-0.4, -0.2) is 16.8 Å². The van der Waals surface area contributed by atoms with Crippen molar-refractivity contribution in [3.63, 3.8) is 0 Å². The van der Waals surface area contributed by atoms with Gasteiger partial charge in [-0.2, -0.15) is 10.5 Å². The Bertz CT molecular complexity index is 781. The van der Waals surface area contributed by atoms with Crippen LogP contribution < -0.4 is 5.32 Å². The molecule has 2 amide bonds. The van der Waals surface area contributed by atoms with Crippen molar-refractivity contribution in [3.05, 3.63) is 35.2 Å². The molecule has 0 saturated carbocycles. The lowest BCUT2D eigenvalue weighted by molar-refractivity contribution is -0.138. The molecule has 1 N–H and O–H groups in total. The van der Waals surface area contributed by atoms with Crippen molar-refractivity contribution in [2.45, 2.75) is 31.1 Å². The molecule has 0 aromatic carbocycles. The third kappa shape index (κ3) is 1.89. The summed E-state index contributed by atoms with van der Waals surface area (Å²) in [4.78, 5) is 28.0. The zero-order chi connectivity index (χ0) is 15.7. The van der Waals surface area contributed by atoms with Gasteiger partial charge in [0.15, 0.2) is 0 Å². The number of amides is 2. The molecule has 6 nitrogen and oxygen atoms in total. The van der Waals surface area contributed by atoms with E-state index in [-0.39, 0.29) is 23.8 Å². The summed E-state index contributed by atoms with van der Waals surface area (Å²) in [6.07, 6.45) is 4.82. The molecule has 1 unspecified atom stereocenters. The number of aromatic nitrogens is 1. The summed E-state index contributed by atoms with van der Waals surface area (Å²) in [5.74, 6) is -0.562. The van der Waals surface area contributed by atoms with Gasteiger partial charge in [0.05, 0.1) is 5.41 Å². The first kappa shape index (κ1) is 14.0. The van der Waals surface area contributed by atoms with Crippen molar-refractivity contribution in [1.29, 1.82) is 10.5 Å². The minimum atomic E-state index is -0.772. The highest BCUT2D eigenvalue weighted by Crippen LogP contribution is 2.47. The van der Waals surface area contributed by atoms with Crippen molar-refractivity contribution in [3.8, 4) is 12.1 Å². The van der Waals surface area contributed by atoms with Crippen LogP contribution in [0.25, 0.3) is 5.57 Å². The lowest BCUT2D eigenvalue weighted by Crippen LogP contribution is -2.52. The van der Waals surface area contributed by atoms with Gasteiger partial charge in [0.25, 0.3) is 0 Å². The fraction of sp³-hybridized carbons (Fsp3) is 0.312. The SMILES string of the molecule is N#CC(C#N)=C1CCC2(CCC(=O)NC2=O)c2ccncc21. The summed E-state index contributed by atoms with van der Waals surface area (Å²) in [5.41, 5.74) is 1.32. The first-order chi connectivity index (χ1) is 10.6. The molecule has 3 rings (SSSR count). The van der Waals surface area contributed by atoms with E-state index >= 15 is 0 Å². The highest BCUT2D eigenvalue weighted by Gasteiger charge is 2.47. The smallest absolute Gasteiger partial charge is 0.237 e. The van der Waals surface area contributed by atoms with Crippen molar-refractivity contribution in [2.24, 2.45) is 0 Å². The van der Waals surface area contributed by atoms with Gasteiger partial charge < -0.3 is 0 Å². The van der Waals surface area contributed by atoms with Crippen LogP contribution >= 0.6 is 0 Å². The van der Waals surface area contributed by atoms with E-state index in [1.807, 2.05) is 12.1 Å². The Morgan fingerprint density at radius 2 is 1.95 bits per heavy atom. The molecular formula is C16H12N4O2. The van der Waals surface area contributed by atoms with Crippen molar-refractivity contribution < 1.29 is 9.59 Å². The van der Waals surface area contributed by atoms with E-state index in [1.54, 1.807) is 18.5 Å². The van der Waals surface area contributed by atoms with Gasteiger partial charge in [-0.3, -0.25) is 19.9 Å². The number of hydrogen-bond acceptors (Lipinski definition) is 5. The number of carbonyl (C=O) groups is 2. The summed E-state index contributed by atoms with van der Waals surface area (Å²) in [6, 6.07) is 5.56. The van der Waals surface area contributed by atoms with Gasteiger partial charge in [-0.05, 0) is 36.5 Å². The predicted molar refractivity (Wildman–Crippen MR) is 75.7 cm³/mol. The third-order valence-electron chi connectivity index (χ3n) is 4.46. The number of pyridine rings is 1. The molecule has 2 aliphatic rings. The summed E-state index contributed by atoms with van der Waals surface area (Å²) in [5, 5.41) is 20.6. The standard InChI is InChI=1S/C16H12N4O2/c17-7-10(8-18)11-1-4-16(5-2-14(21)20-15(16)22)13-3-6-19-9-12(11)13/h3,6,9H,1-2,4-5H2,(H,20,21,22). The predicted octanol–water partition coefficient (Wildman–Crippen LogP) is 1.35. The van der Waals surface area contributed by atoms with E-state index in [4.69, 9.17) is 10.5 Å². The molecule has 22 heavy (non-hydrogen) atoms. The normalized spacial score (nSPS) is 23.3. The molecule has 1 aromatic rings. The molecule has 1 atom stereocenters. The number of allylic oxidation sites excluding steroid dienone is 2. The van der Waals surface area contributed by atoms with Crippen molar-refractivity contribution in [2.75, 3.05) is 0 Å². The van der Waals surface area contributed by atoms with Crippen LogP contribution in [0.4, 0.5) is 0 Å². The molecule has 1 aliphatic heterocycles. The molecular weight excluding hydrogens is 280 g/mol. The first-order valence-corrected chi connectivity index (χ1v) is 6.95. The zero-order valence-electron chi connectivity index (χ0n) is 11.7. The van der Waals surface area contributed by atoms with Gasteiger partial charge in [0.2, 0.25) is 11.8 Å². The maximum absolute atomic E-state index is 12.5. The van der Waals surface area contributed by atoms with E-state index < -0.39 is 5.41 Å². The second-order valence-electron chi connectivity index (χ2n) is 5.46. The number of piperidine rings is 1. The van der Waals surface area contributed by atoms with Gasteiger partial charge in [-0.1, -0.05) is 0 Å². The monoisotopic (exact) mass is 292 g/mol. The zero-order valence-corrected chi connectivity index (χ0v) is 11.7. The second-order valence-corrected chi connectivity index (χ2v) is 5.46. The van der Waals surface area contributed by atoms with E-state index in [2.05, 4.69) is 10.3 Å². The number of imide groups is 1. The van der Waals surface area contributed by atoms with E-state index in [0.717, 1.165) is 5.56 Å². The van der Waals surface area contributed by atoms with Crippen LogP contribution in [0.2, 0.25) is 0 Å². The Kier molecular flexibility index (Phi) is 3.23. The minimum Gasteiger partial charge on any atom is -0.296 e. The molecule has 1 fully saturated rings. The Morgan fingerprint density at radius 1 is 1.23 bits per heavy atom. The number of fused-ring (bicyclic) bond motifs is 2. The quantitative estimate of drug-likeness (QED) is 0.573. The summed E-state index contributed by atoms with van der Waals surface area (Å²) >= 11 is 0. The molecule has 0 radical (unpaired) electrons. The van der Waals surface area contributed by atoms with Gasteiger partial charge in [-0.25, -0.2) is 0 Å². The number of rotatable bonds is 0. The van der Waals surface area contributed by atoms with E-state index in [1.165, 1.54) is 0 Å². The summed E-state index contributed by atoms with van der Waals surface area (Å²) in [6.45, 7) is 0. The van der Waals surface area contributed by atoms with Crippen LogP contribution in [0.5, 0.6) is 0 Å². The Balaban J connectivity index is 2.20. The molecule has 2 heterocycles. The number of nitrogens with zero attached hydrogens (tertiary/aromatic N) is 3. The maximum atomic E-state index is 12.5. The lowest BCUT2D eigenvalue weighted by Gasteiger charge is -2.40. The number of nitrogens with one attached hydrogen (secondary N) is 1. The van der Waals surface area contributed by atoms with Crippen LogP contribution in [0.3, 0.4) is 0 Å². The highest BCUT2D eigenvalue weighted by molar-refractivity contribution is 6.04. The number of nitriles is 2. The Hall–Kier alpha value is -2.99. The maximum Gasteiger partial charge on any atom is 0.237 e. The molecule has 6 heteroatoms. The number of hydrogen-bond donors (Lipinski definition) is 1. The lowest BCUT2D eigenvalue weighted by atomic mass is 9.64. The highest BCUT2D eigenvalue weighted by atomic mass is 16.2. The van der Waals surface area contributed by atoms with E-state index in [9.17, 15) is 9.59 Å². The molecule has 1 aromatic heterocycles. The average Bonchev–Trinajstić information content (AvgIpc) is 2.54. The molecule has 1 aliphatic carbocycles. The van der Waals surface area contributed by atoms with Gasteiger partial charge in [-0.15, -0.1) is 0 Å². The van der Waals surface area contributed by atoms with Gasteiger partial charge in [0.1, 0.15) is 17.7 Å². The van der Waals surface area contributed by atoms with Crippen molar-refractivity contribution in [1.82, 2.24) is 10.3 Å². The third-order valence-corrected chi connectivity index (χ3v) is 4.46. The average molecular weight is 292 g/mol. The fourth-order valence-corrected chi connectivity index (χ4v) is 3.32.